The Morgan fingerprint density at radius 3 is 2.17 bits per heavy atom. The van der Waals surface area contributed by atoms with Crippen LogP contribution in [-0.2, 0) is 14.4 Å². The molecule has 184 valence electrons. The average molecular weight is 510 g/mol. The Morgan fingerprint density at radius 1 is 0.917 bits per heavy atom. The van der Waals surface area contributed by atoms with Crippen molar-refractivity contribution in [3.63, 3.8) is 0 Å². The van der Waals surface area contributed by atoms with Crippen molar-refractivity contribution in [1.29, 1.82) is 0 Å². The van der Waals surface area contributed by atoms with Gasteiger partial charge in [-0.1, -0.05) is 29.8 Å². The van der Waals surface area contributed by atoms with Crippen molar-refractivity contribution in [1.82, 2.24) is 0 Å². The van der Waals surface area contributed by atoms with Crippen molar-refractivity contribution >= 4 is 40.5 Å². The molecule has 10 nitrogen and oxygen atoms in total. The van der Waals surface area contributed by atoms with E-state index >= 15 is 0 Å². The normalized spacial score (nSPS) is 21.0. The van der Waals surface area contributed by atoms with Crippen LogP contribution < -0.4 is 19.4 Å². The number of carbonyl (C=O) groups is 2. The van der Waals surface area contributed by atoms with E-state index < -0.39 is 34.8 Å². The Kier molecular flexibility index (Phi) is 5.99. The molecule has 2 heterocycles. The zero-order valence-corrected chi connectivity index (χ0v) is 19.9. The summed E-state index contributed by atoms with van der Waals surface area (Å²) in [4.78, 5) is 45.8. The monoisotopic (exact) mass is 509 g/mol. The van der Waals surface area contributed by atoms with Crippen LogP contribution in [0.4, 0.5) is 17.1 Å². The van der Waals surface area contributed by atoms with E-state index in [1.807, 2.05) is 0 Å². The summed E-state index contributed by atoms with van der Waals surface area (Å²) in [6.45, 7) is 0. The molecule has 2 saturated heterocycles. The summed E-state index contributed by atoms with van der Waals surface area (Å²) >= 11 is 5.97. The molecule has 2 aliphatic rings. The first-order valence-electron chi connectivity index (χ1n) is 10.9. The molecule has 0 aliphatic carbocycles. The number of para-hydroxylation sites is 1. The highest BCUT2D eigenvalue weighted by Gasteiger charge is 2.61. The van der Waals surface area contributed by atoms with E-state index in [1.165, 1.54) is 31.4 Å². The van der Waals surface area contributed by atoms with Gasteiger partial charge in [-0.05, 0) is 42.5 Å². The van der Waals surface area contributed by atoms with Crippen LogP contribution in [0.3, 0.4) is 0 Å². The number of nitrogens with zero attached hydrogens (tertiary/aromatic N) is 3. The molecule has 3 atom stereocenters. The van der Waals surface area contributed by atoms with Crippen molar-refractivity contribution in [2.24, 2.45) is 5.92 Å². The van der Waals surface area contributed by atoms with Gasteiger partial charge in [0.15, 0.2) is 17.6 Å². The highest BCUT2D eigenvalue weighted by Crippen LogP contribution is 2.51. The third-order valence-electron chi connectivity index (χ3n) is 6.26. The number of anilines is 2. The number of benzene rings is 3. The van der Waals surface area contributed by atoms with Gasteiger partial charge in [-0.15, -0.1) is 0 Å². The molecule has 0 bridgehead atoms. The molecule has 0 aromatic heterocycles. The predicted molar refractivity (Wildman–Crippen MR) is 130 cm³/mol. The van der Waals surface area contributed by atoms with E-state index in [-0.39, 0.29) is 22.7 Å². The lowest BCUT2D eigenvalue weighted by atomic mass is 9.89. The molecule has 2 aliphatic heterocycles. The number of amides is 2. The Labute approximate surface area is 210 Å². The number of nitro groups is 1. The molecule has 2 amide bonds. The summed E-state index contributed by atoms with van der Waals surface area (Å²) < 4.78 is 10.6. The molecular weight excluding hydrogens is 490 g/mol. The van der Waals surface area contributed by atoms with Crippen molar-refractivity contribution in [3.05, 3.63) is 87.4 Å². The fourth-order valence-electron chi connectivity index (χ4n) is 4.65. The van der Waals surface area contributed by atoms with Crippen molar-refractivity contribution < 1.29 is 28.8 Å². The smallest absolute Gasteiger partial charge is 0.278 e. The average Bonchev–Trinajstić information content (AvgIpc) is 3.40. The van der Waals surface area contributed by atoms with Crippen LogP contribution >= 0.6 is 11.6 Å². The zero-order valence-electron chi connectivity index (χ0n) is 19.2. The van der Waals surface area contributed by atoms with Crippen LogP contribution in [0.25, 0.3) is 0 Å². The summed E-state index contributed by atoms with van der Waals surface area (Å²) in [7, 11) is 2.78. The maximum atomic E-state index is 13.7. The van der Waals surface area contributed by atoms with E-state index in [0.29, 0.717) is 16.4 Å². The minimum atomic E-state index is -1.19. The Morgan fingerprint density at radius 2 is 1.56 bits per heavy atom. The number of methoxy groups -OCH3 is 2. The second-order valence-corrected chi connectivity index (χ2v) is 8.61. The van der Waals surface area contributed by atoms with E-state index in [2.05, 4.69) is 0 Å². The van der Waals surface area contributed by atoms with Crippen molar-refractivity contribution in [3.8, 4) is 11.5 Å². The van der Waals surface area contributed by atoms with E-state index in [0.717, 1.165) is 4.90 Å². The van der Waals surface area contributed by atoms with Gasteiger partial charge in [-0.2, -0.15) is 0 Å². The Balaban J connectivity index is 1.68. The number of halogens is 1. The van der Waals surface area contributed by atoms with Crippen LogP contribution in [0.2, 0.25) is 5.02 Å². The highest BCUT2D eigenvalue weighted by atomic mass is 35.5. The zero-order chi connectivity index (χ0) is 25.6. The fourth-order valence-corrected chi connectivity index (χ4v) is 4.78. The molecule has 5 rings (SSSR count). The van der Waals surface area contributed by atoms with Gasteiger partial charge in [0.25, 0.3) is 11.6 Å². The number of carbonyl (C=O) groups excluding carboxylic acids is 2. The molecule has 3 aromatic rings. The van der Waals surface area contributed by atoms with Gasteiger partial charge < -0.3 is 9.47 Å². The van der Waals surface area contributed by atoms with Crippen LogP contribution in [0, 0.1) is 16.0 Å². The standard InChI is InChI=1S/C25H20ClN3O7/c1-34-19-12-17(18(29(32)33)13-20(19)35-2)22-21-23(36-28(22)16-6-4-3-5-7-16)25(31)27(24(21)30)15-10-8-14(26)9-11-15/h3-13,21-23H,1-2H3/t21-,22+,23+/m0/s1. The first-order valence-corrected chi connectivity index (χ1v) is 11.3. The molecule has 0 spiro atoms. The molecule has 11 heteroatoms. The summed E-state index contributed by atoms with van der Waals surface area (Å²) in [6, 6.07) is 16.7. The van der Waals surface area contributed by atoms with E-state index in [1.54, 1.807) is 54.6 Å². The van der Waals surface area contributed by atoms with Gasteiger partial charge >= 0.3 is 0 Å². The van der Waals surface area contributed by atoms with E-state index in [9.17, 15) is 19.7 Å². The number of hydrogen-bond donors (Lipinski definition) is 0. The Bertz CT molecular complexity index is 1350. The molecule has 0 N–H and O–H groups in total. The largest absolute Gasteiger partial charge is 0.493 e. The first-order chi connectivity index (χ1) is 17.3. The number of rotatable bonds is 6. The maximum Gasteiger partial charge on any atom is 0.278 e. The van der Waals surface area contributed by atoms with Gasteiger partial charge in [-0.25, -0.2) is 9.96 Å². The molecule has 36 heavy (non-hydrogen) atoms. The number of fused-ring (bicyclic) bond motifs is 1. The summed E-state index contributed by atoms with van der Waals surface area (Å²) in [5.74, 6) is -1.78. The molecule has 0 radical (unpaired) electrons. The fraction of sp³-hybridized carbons (Fsp3) is 0.200. The summed E-state index contributed by atoms with van der Waals surface area (Å²) in [5.41, 5.74) is 0.708. The summed E-state index contributed by atoms with van der Waals surface area (Å²) in [6.07, 6.45) is -1.19. The lowest BCUT2D eigenvalue weighted by molar-refractivity contribution is -0.385. The second kappa shape index (κ2) is 9.14. The number of nitro benzene ring substituents is 1. The highest BCUT2D eigenvalue weighted by molar-refractivity contribution is 6.31. The number of hydroxylamine groups is 1. The minimum absolute atomic E-state index is 0.146. The van der Waals surface area contributed by atoms with Gasteiger partial charge in [0.05, 0.1) is 42.1 Å². The third kappa shape index (κ3) is 3.71. The second-order valence-electron chi connectivity index (χ2n) is 8.17. The molecule has 0 unspecified atom stereocenters. The van der Waals surface area contributed by atoms with Crippen molar-refractivity contribution in [2.75, 3.05) is 24.2 Å². The van der Waals surface area contributed by atoms with Crippen LogP contribution in [0.5, 0.6) is 11.5 Å². The van der Waals surface area contributed by atoms with Gasteiger partial charge in [0, 0.05) is 5.02 Å². The van der Waals surface area contributed by atoms with Crippen LogP contribution in [0.15, 0.2) is 66.7 Å². The lowest BCUT2D eigenvalue weighted by Gasteiger charge is -2.29. The minimum Gasteiger partial charge on any atom is -0.493 e. The SMILES string of the molecule is COc1cc([C@@H]2[C@@H]3C(=O)N(c4ccc(Cl)cc4)C(=O)[C@@H]3ON2c2ccccc2)c([N+](=O)[O-])cc1OC. The third-order valence-corrected chi connectivity index (χ3v) is 6.51. The maximum absolute atomic E-state index is 13.7. The van der Waals surface area contributed by atoms with Gasteiger partial charge in [0.1, 0.15) is 12.0 Å². The van der Waals surface area contributed by atoms with Crippen LogP contribution in [-0.4, -0.2) is 37.1 Å². The van der Waals surface area contributed by atoms with Gasteiger partial charge in [0.2, 0.25) is 5.91 Å². The number of imide groups is 1. The lowest BCUT2D eigenvalue weighted by Crippen LogP contribution is -2.37. The topological polar surface area (TPSA) is 111 Å². The number of hydrogen-bond acceptors (Lipinski definition) is 8. The molecule has 3 aromatic carbocycles. The first kappa shape index (κ1) is 23.6. The Hall–Kier alpha value is -4.15. The quantitative estimate of drug-likeness (QED) is 0.274. The molecule has 2 fully saturated rings. The van der Waals surface area contributed by atoms with Gasteiger partial charge in [-0.3, -0.25) is 24.5 Å². The molecular formula is C25H20ClN3O7. The molecule has 0 saturated carbocycles. The number of ether oxygens (including phenoxy) is 2. The summed E-state index contributed by atoms with van der Waals surface area (Å²) in [5, 5.41) is 14.0. The van der Waals surface area contributed by atoms with Crippen LogP contribution in [0.1, 0.15) is 11.6 Å². The predicted octanol–water partition coefficient (Wildman–Crippen LogP) is 4.32. The van der Waals surface area contributed by atoms with E-state index in [4.69, 9.17) is 25.9 Å². The van der Waals surface area contributed by atoms with Crippen molar-refractivity contribution in [2.45, 2.75) is 12.1 Å².